The zero-order valence-corrected chi connectivity index (χ0v) is 13.1. The van der Waals surface area contributed by atoms with Crippen molar-refractivity contribution in [2.45, 2.75) is 6.10 Å². The Balaban J connectivity index is 1.76. The van der Waals surface area contributed by atoms with Crippen LogP contribution in [0.1, 0.15) is 10.4 Å². The van der Waals surface area contributed by atoms with Crippen molar-refractivity contribution in [3.8, 4) is 0 Å². The number of amides is 1. The van der Waals surface area contributed by atoms with E-state index in [9.17, 15) is 9.90 Å². The number of nitrogens with one attached hydrogen (secondary N) is 1. The zero-order chi connectivity index (χ0) is 14.5. The van der Waals surface area contributed by atoms with Crippen LogP contribution in [0.3, 0.4) is 0 Å². The third-order valence-electron chi connectivity index (χ3n) is 2.97. The number of halogens is 2. The molecule has 0 bridgehead atoms. The van der Waals surface area contributed by atoms with E-state index in [4.69, 9.17) is 27.9 Å². The van der Waals surface area contributed by atoms with Crippen LogP contribution in [0.25, 0.3) is 0 Å². The Hall–Kier alpha value is -0.370. The van der Waals surface area contributed by atoms with Gasteiger partial charge in [0.15, 0.2) is 0 Å². The van der Waals surface area contributed by atoms with Crippen molar-refractivity contribution in [2.75, 3.05) is 39.4 Å². The minimum atomic E-state index is -0.620. The Morgan fingerprint density at radius 3 is 2.80 bits per heavy atom. The fraction of sp³-hybridized carbons (Fsp3) is 0.583. The highest BCUT2D eigenvalue weighted by molar-refractivity contribution is 7.20. The van der Waals surface area contributed by atoms with Crippen LogP contribution >= 0.6 is 34.5 Å². The molecule has 1 aromatic heterocycles. The number of aliphatic hydroxyl groups is 1. The molecule has 1 fully saturated rings. The number of aliphatic hydroxyl groups excluding tert-OH is 1. The lowest BCUT2D eigenvalue weighted by Gasteiger charge is -2.28. The Labute approximate surface area is 131 Å². The molecule has 1 unspecified atom stereocenters. The van der Waals surface area contributed by atoms with Gasteiger partial charge in [-0.05, 0) is 6.07 Å². The smallest absolute Gasteiger partial charge is 0.253 e. The molecule has 0 aliphatic carbocycles. The van der Waals surface area contributed by atoms with Gasteiger partial charge in [0.25, 0.3) is 5.91 Å². The summed E-state index contributed by atoms with van der Waals surface area (Å²) in [6, 6.07) is 1.53. The summed E-state index contributed by atoms with van der Waals surface area (Å²) >= 11 is 12.8. The van der Waals surface area contributed by atoms with E-state index in [1.165, 1.54) is 6.07 Å². The van der Waals surface area contributed by atoms with E-state index in [0.717, 1.165) is 24.4 Å². The van der Waals surface area contributed by atoms with Crippen molar-refractivity contribution in [3.05, 3.63) is 20.3 Å². The van der Waals surface area contributed by atoms with E-state index in [1.807, 2.05) is 0 Å². The fourth-order valence-corrected chi connectivity index (χ4v) is 3.41. The number of ether oxygens (including phenoxy) is 1. The number of carbonyl (C=O) groups is 1. The monoisotopic (exact) mass is 338 g/mol. The van der Waals surface area contributed by atoms with Crippen molar-refractivity contribution in [3.63, 3.8) is 0 Å². The van der Waals surface area contributed by atoms with Gasteiger partial charge in [-0.1, -0.05) is 23.2 Å². The summed E-state index contributed by atoms with van der Waals surface area (Å²) in [7, 11) is 0. The molecule has 1 amide bonds. The van der Waals surface area contributed by atoms with Gasteiger partial charge in [0, 0.05) is 26.2 Å². The molecule has 0 saturated carbocycles. The maximum absolute atomic E-state index is 11.9. The second kappa shape index (κ2) is 7.59. The maximum Gasteiger partial charge on any atom is 0.253 e. The van der Waals surface area contributed by atoms with Gasteiger partial charge in [-0.15, -0.1) is 11.3 Å². The molecule has 2 heterocycles. The van der Waals surface area contributed by atoms with Crippen LogP contribution in [0, 0.1) is 0 Å². The predicted octanol–water partition coefficient (Wildman–Crippen LogP) is 1.48. The van der Waals surface area contributed by atoms with Gasteiger partial charge in [-0.2, -0.15) is 0 Å². The number of rotatable bonds is 5. The number of hydrogen-bond acceptors (Lipinski definition) is 5. The van der Waals surface area contributed by atoms with Crippen LogP contribution < -0.4 is 5.32 Å². The van der Waals surface area contributed by atoms with Crippen molar-refractivity contribution >= 4 is 40.4 Å². The van der Waals surface area contributed by atoms with Crippen LogP contribution in [0.5, 0.6) is 0 Å². The second-order valence-corrected chi connectivity index (χ2v) is 6.80. The van der Waals surface area contributed by atoms with Crippen LogP contribution in [0.2, 0.25) is 8.67 Å². The normalized spacial score (nSPS) is 17.9. The van der Waals surface area contributed by atoms with E-state index >= 15 is 0 Å². The Bertz CT molecular complexity index is 464. The quantitative estimate of drug-likeness (QED) is 0.853. The first-order chi connectivity index (χ1) is 9.56. The molecule has 2 N–H and O–H groups in total. The lowest BCUT2D eigenvalue weighted by molar-refractivity contribution is 0.0149. The lowest BCUT2D eigenvalue weighted by Crippen LogP contribution is -2.44. The molecule has 0 aromatic carbocycles. The highest BCUT2D eigenvalue weighted by Gasteiger charge is 2.18. The summed E-state index contributed by atoms with van der Waals surface area (Å²) < 4.78 is 6.06. The predicted molar refractivity (Wildman–Crippen MR) is 79.9 cm³/mol. The lowest BCUT2D eigenvalue weighted by atomic mass is 10.2. The first-order valence-corrected chi connectivity index (χ1v) is 7.84. The van der Waals surface area contributed by atoms with Gasteiger partial charge in [0.05, 0.1) is 29.2 Å². The van der Waals surface area contributed by atoms with Crippen molar-refractivity contribution in [2.24, 2.45) is 0 Å². The Morgan fingerprint density at radius 2 is 2.20 bits per heavy atom. The van der Waals surface area contributed by atoms with Gasteiger partial charge in [0.1, 0.15) is 4.34 Å². The second-order valence-electron chi connectivity index (χ2n) is 4.51. The summed E-state index contributed by atoms with van der Waals surface area (Å²) in [5.74, 6) is -0.320. The molecular formula is C12H16Cl2N2O3S. The van der Waals surface area contributed by atoms with E-state index in [2.05, 4.69) is 10.2 Å². The standard InChI is InChI=1S/C12H16Cl2N2O3S/c13-10-5-9(11(14)20-10)12(18)15-6-8(17)7-16-1-3-19-4-2-16/h5,8,17H,1-4,6-7H2,(H,15,18). The van der Waals surface area contributed by atoms with Gasteiger partial charge in [0.2, 0.25) is 0 Å². The van der Waals surface area contributed by atoms with Crippen LogP contribution in [-0.2, 0) is 4.74 Å². The number of β-amino-alcohol motifs (C(OH)–C–C–N with tert-alkyl or cyclic N) is 1. The minimum Gasteiger partial charge on any atom is -0.390 e. The highest BCUT2D eigenvalue weighted by Crippen LogP contribution is 2.30. The molecule has 8 heteroatoms. The van der Waals surface area contributed by atoms with E-state index in [1.54, 1.807) is 0 Å². The largest absolute Gasteiger partial charge is 0.390 e. The molecule has 1 aliphatic heterocycles. The van der Waals surface area contributed by atoms with Gasteiger partial charge < -0.3 is 15.2 Å². The first-order valence-electron chi connectivity index (χ1n) is 6.27. The molecule has 2 rings (SSSR count). The van der Waals surface area contributed by atoms with E-state index in [0.29, 0.717) is 34.0 Å². The van der Waals surface area contributed by atoms with Gasteiger partial charge in [-0.25, -0.2) is 0 Å². The summed E-state index contributed by atoms with van der Waals surface area (Å²) in [5, 5.41) is 12.6. The summed E-state index contributed by atoms with van der Waals surface area (Å²) in [6.07, 6.45) is -0.620. The number of hydrogen-bond donors (Lipinski definition) is 2. The third kappa shape index (κ3) is 4.58. The maximum atomic E-state index is 11.9. The number of morpholine rings is 1. The molecule has 1 aliphatic rings. The molecule has 1 aromatic rings. The van der Waals surface area contributed by atoms with Crippen molar-refractivity contribution in [1.82, 2.24) is 10.2 Å². The highest BCUT2D eigenvalue weighted by atomic mass is 35.5. The van der Waals surface area contributed by atoms with E-state index in [-0.39, 0.29) is 12.5 Å². The molecule has 1 saturated heterocycles. The number of thiophene rings is 1. The average molecular weight is 339 g/mol. The first kappa shape index (κ1) is 16.0. The van der Waals surface area contributed by atoms with Crippen molar-refractivity contribution in [1.29, 1.82) is 0 Å². The molecular weight excluding hydrogens is 323 g/mol. The molecule has 20 heavy (non-hydrogen) atoms. The molecule has 5 nitrogen and oxygen atoms in total. The molecule has 0 radical (unpaired) electrons. The summed E-state index contributed by atoms with van der Waals surface area (Å²) in [6.45, 7) is 3.67. The molecule has 1 atom stereocenters. The van der Waals surface area contributed by atoms with E-state index < -0.39 is 6.10 Å². The van der Waals surface area contributed by atoms with Crippen LogP contribution in [0.15, 0.2) is 6.07 Å². The molecule has 112 valence electrons. The molecule has 0 spiro atoms. The van der Waals surface area contributed by atoms with Crippen LogP contribution in [0.4, 0.5) is 0 Å². The van der Waals surface area contributed by atoms with Crippen LogP contribution in [-0.4, -0.2) is 61.4 Å². The van der Waals surface area contributed by atoms with Crippen molar-refractivity contribution < 1.29 is 14.6 Å². The fourth-order valence-electron chi connectivity index (χ4n) is 1.95. The third-order valence-corrected chi connectivity index (χ3v) is 4.46. The number of carbonyl (C=O) groups excluding carboxylic acids is 1. The number of nitrogens with zero attached hydrogens (tertiary/aromatic N) is 1. The summed E-state index contributed by atoms with van der Waals surface area (Å²) in [5.41, 5.74) is 0.347. The summed E-state index contributed by atoms with van der Waals surface area (Å²) in [4.78, 5) is 14.0. The van der Waals surface area contributed by atoms with Gasteiger partial charge >= 0.3 is 0 Å². The average Bonchev–Trinajstić information content (AvgIpc) is 2.76. The minimum absolute atomic E-state index is 0.181. The SMILES string of the molecule is O=C(NCC(O)CN1CCOCC1)c1cc(Cl)sc1Cl. The zero-order valence-electron chi connectivity index (χ0n) is 10.8. The topological polar surface area (TPSA) is 61.8 Å². The van der Waals surface area contributed by atoms with Gasteiger partial charge in [-0.3, -0.25) is 9.69 Å². The Kier molecular flexibility index (Phi) is 6.07. The Morgan fingerprint density at radius 1 is 1.50 bits per heavy atom.